The number of hydrogen-bond acceptors (Lipinski definition) is 1. The van der Waals surface area contributed by atoms with Gasteiger partial charge >= 0.3 is 0 Å². The number of hydrogen-bond donors (Lipinski definition) is 1. The highest BCUT2D eigenvalue weighted by Gasteiger charge is 2.26. The summed E-state index contributed by atoms with van der Waals surface area (Å²) in [5.74, 6) is -0.248. The van der Waals surface area contributed by atoms with Gasteiger partial charge in [0, 0.05) is 16.1 Å². The zero-order valence-electron chi connectivity index (χ0n) is 9.05. The molecule has 1 rings (SSSR count). The molecule has 1 atom stereocenters. The molecule has 0 aromatic heterocycles. The van der Waals surface area contributed by atoms with E-state index in [1.807, 2.05) is 26.8 Å². The van der Waals surface area contributed by atoms with Crippen molar-refractivity contribution < 1.29 is 4.39 Å². The minimum atomic E-state index is -0.307. The first-order chi connectivity index (χ1) is 6.34. The van der Waals surface area contributed by atoms with E-state index in [0.717, 1.165) is 4.47 Å². The zero-order valence-corrected chi connectivity index (χ0v) is 11.5. The van der Waals surface area contributed by atoms with Gasteiger partial charge in [-0.1, -0.05) is 42.8 Å². The highest BCUT2D eigenvalue weighted by molar-refractivity contribution is 9.10. The molecule has 1 aromatic rings. The summed E-state index contributed by atoms with van der Waals surface area (Å²) in [6.07, 6.45) is 0. The van der Waals surface area contributed by atoms with E-state index in [0.29, 0.717) is 5.56 Å². The SMILES string of the molecule is CC(C)(C)[C@H](N)c1c(F)cccc1Br.Cl. The van der Waals surface area contributed by atoms with Crippen molar-refractivity contribution in [1.29, 1.82) is 0 Å². The van der Waals surface area contributed by atoms with Gasteiger partial charge in [0.05, 0.1) is 0 Å². The van der Waals surface area contributed by atoms with Crippen LogP contribution in [0.25, 0.3) is 0 Å². The van der Waals surface area contributed by atoms with Crippen molar-refractivity contribution in [1.82, 2.24) is 0 Å². The molecule has 15 heavy (non-hydrogen) atoms. The fraction of sp³-hybridized carbons (Fsp3) is 0.455. The molecule has 0 aliphatic rings. The molecule has 0 saturated carbocycles. The average Bonchev–Trinajstić information content (AvgIpc) is 2.01. The topological polar surface area (TPSA) is 26.0 Å². The molecule has 0 unspecified atom stereocenters. The van der Waals surface area contributed by atoms with Crippen LogP contribution in [-0.4, -0.2) is 0 Å². The lowest BCUT2D eigenvalue weighted by molar-refractivity contribution is 0.318. The Morgan fingerprint density at radius 2 is 1.87 bits per heavy atom. The summed E-state index contributed by atoms with van der Waals surface area (Å²) < 4.78 is 14.3. The van der Waals surface area contributed by atoms with Gasteiger partial charge < -0.3 is 5.73 Å². The molecular weight excluding hydrogens is 280 g/mol. The van der Waals surface area contributed by atoms with Crippen molar-refractivity contribution in [3.63, 3.8) is 0 Å². The quantitative estimate of drug-likeness (QED) is 0.831. The second-order valence-electron chi connectivity index (χ2n) is 4.48. The van der Waals surface area contributed by atoms with Crippen LogP contribution >= 0.6 is 28.3 Å². The van der Waals surface area contributed by atoms with Crippen LogP contribution in [-0.2, 0) is 0 Å². The standard InChI is InChI=1S/C11H15BrFN.ClH/c1-11(2,3)10(14)9-7(12)5-4-6-8(9)13;/h4-6,10H,14H2,1-3H3;1H/t10-;/m1./s1. The molecule has 0 bridgehead atoms. The van der Waals surface area contributed by atoms with Crippen molar-refractivity contribution in [3.8, 4) is 0 Å². The van der Waals surface area contributed by atoms with Gasteiger partial charge in [0.2, 0.25) is 0 Å². The van der Waals surface area contributed by atoms with Crippen molar-refractivity contribution in [3.05, 3.63) is 34.1 Å². The van der Waals surface area contributed by atoms with Gasteiger partial charge in [0.25, 0.3) is 0 Å². The van der Waals surface area contributed by atoms with Crippen LogP contribution in [0.3, 0.4) is 0 Å². The molecule has 0 spiro atoms. The Morgan fingerprint density at radius 1 is 1.33 bits per heavy atom. The molecular formula is C11H16BrClFN. The Labute approximate surface area is 105 Å². The van der Waals surface area contributed by atoms with Crippen LogP contribution < -0.4 is 5.73 Å². The highest BCUT2D eigenvalue weighted by atomic mass is 79.9. The predicted octanol–water partition coefficient (Wildman–Crippen LogP) is 4.06. The Balaban J connectivity index is 0.00000196. The third-order valence-electron chi connectivity index (χ3n) is 2.24. The first kappa shape index (κ1) is 14.9. The normalized spacial score (nSPS) is 13.2. The zero-order chi connectivity index (χ0) is 10.9. The molecule has 0 saturated heterocycles. The van der Waals surface area contributed by atoms with Crippen molar-refractivity contribution >= 4 is 28.3 Å². The van der Waals surface area contributed by atoms with E-state index in [4.69, 9.17) is 5.73 Å². The van der Waals surface area contributed by atoms with E-state index in [-0.39, 0.29) is 29.7 Å². The summed E-state index contributed by atoms with van der Waals surface area (Å²) in [7, 11) is 0. The summed E-state index contributed by atoms with van der Waals surface area (Å²) in [5, 5.41) is 0. The summed E-state index contributed by atoms with van der Waals surface area (Å²) in [6.45, 7) is 5.99. The van der Waals surface area contributed by atoms with Gasteiger partial charge in [-0.25, -0.2) is 4.39 Å². The Morgan fingerprint density at radius 3 is 2.27 bits per heavy atom. The fourth-order valence-corrected chi connectivity index (χ4v) is 1.83. The van der Waals surface area contributed by atoms with Gasteiger partial charge in [0.1, 0.15) is 5.82 Å². The largest absolute Gasteiger partial charge is 0.323 e. The maximum absolute atomic E-state index is 13.5. The van der Waals surface area contributed by atoms with E-state index < -0.39 is 0 Å². The van der Waals surface area contributed by atoms with Crippen molar-refractivity contribution in [2.45, 2.75) is 26.8 Å². The number of rotatable bonds is 1. The smallest absolute Gasteiger partial charge is 0.129 e. The maximum Gasteiger partial charge on any atom is 0.129 e. The summed E-state index contributed by atoms with van der Waals surface area (Å²) >= 11 is 3.32. The first-order valence-electron chi connectivity index (χ1n) is 4.53. The van der Waals surface area contributed by atoms with Crippen LogP contribution in [0, 0.1) is 11.2 Å². The highest BCUT2D eigenvalue weighted by Crippen LogP contribution is 2.35. The lowest BCUT2D eigenvalue weighted by Crippen LogP contribution is -2.27. The van der Waals surface area contributed by atoms with Crippen LogP contribution in [0.2, 0.25) is 0 Å². The van der Waals surface area contributed by atoms with Gasteiger partial charge in [-0.3, -0.25) is 0 Å². The van der Waals surface area contributed by atoms with E-state index in [1.165, 1.54) is 6.07 Å². The van der Waals surface area contributed by atoms with E-state index in [9.17, 15) is 4.39 Å². The average molecular weight is 297 g/mol. The molecule has 2 N–H and O–H groups in total. The van der Waals surface area contributed by atoms with Crippen LogP contribution in [0.1, 0.15) is 32.4 Å². The molecule has 1 aromatic carbocycles. The van der Waals surface area contributed by atoms with E-state index in [1.54, 1.807) is 6.07 Å². The summed E-state index contributed by atoms with van der Waals surface area (Å²) in [6, 6.07) is 4.60. The van der Waals surface area contributed by atoms with Crippen LogP contribution in [0.5, 0.6) is 0 Å². The third-order valence-corrected chi connectivity index (χ3v) is 2.94. The number of nitrogens with two attached hydrogens (primary N) is 1. The Kier molecular flexibility index (Phi) is 5.24. The lowest BCUT2D eigenvalue weighted by Gasteiger charge is -2.28. The van der Waals surface area contributed by atoms with E-state index >= 15 is 0 Å². The molecule has 0 fully saturated rings. The molecule has 0 radical (unpaired) electrons. The summed E-state index contributed by atoms with van der Waals surface area (Å²) in [5.41, 5.74) is 6.41. The van der Waals surface area contributed by atoms with Crippen molar-refractivity contribution in [2.24, 2.45) is 11.1 Å². The molecule has 0 aliphatic heterocycles. The van der Waals surface area contributed by atoms with Crippen molar-refractivity contribution in [2.75, 3.05) is 0 Å². The monoisotopic (exact) mass is 295 g/mol. The van der Waals surface area contributed by atoms with Crippen LogP contribution in [0.15, 0.2) is 22.7 Å². The fourth-order valence-electron chi connectivity index (χ4n) is 1.24. The van der Waals surface area contributed by atoms with E-state index in [2.05, 4.69) is 15.9 Å². The number of halogens is 3. The molecule has 0 heterocycles. The Bertz CT molecular complexity index is 316. The predicted molar refractivity (Wildman–Crippen MR) is 67.7 cm³/mol. The summed E-state index contributed by atoms with van der Waals surface area (Å²) in [4.78, 5) is 0. The minimum absolute atomic E-state index is 0. The second-order valence-corrected chi connectivity index (χ2v) is 5.33. The number of benzene rings is 1. The van der Waals surface area contributed by atoms with Gasteiger partial charge in [-0.2, -0.15) is 0 Å². The van der Waals surface area contributed by atoms with Gasteiger partial charge in [-0.05, 0) is 17.5 Å². The molecule has 0 aliphatic carbocycles. The Hall–Kier alpha value is -0.120. The molecule has 4 heteroatoms. The molecule has 0 amide bonds. The molecule has 1 nitrogen and oxygen atoms in total. The lowest BCUT2D eigenvalue weighted by atomic mass is 9.83. The van der Waals surface area contributed by atoms with Crippen LogP contribution in [0.4, 0.5) is 4.39 Å². The first-order valence-corrected chi connectivity index (χ1v) is 5.33. The van der Waals surface area contributed by atoms with Gasteiger partial charge in [-0.15, -0.1) is 12.4 Å². The van der Waals surface area contributed by atoms with Gasteiger partial charge in [0.15, 0.2) is 0 Å². The third kappa shape index (κ3) is 3.44. The minimum Gasteiger partial charge on any atom is -0.323 e. The maximum atomic E-state index is 13.5. The second kappa shape index (κ2) is 5.28. The molecule has 86 valence electrons.